The van der Waals surface area contributed by atoms with E-state index in [1.807, 2.05) is 43.2 Å². The quantitative estimate of drug-likeness (QED) is 0.841. The minimum atomic E-state index is 0.737. The van der Waals surface area contributed by atoms with Crippen LogP contribution >= 0.6 is 11.6 Å². The summed E-state index contributed by atoms with van der Waals surface area (Å²) in [6.45, 7) is 3.56. The Kier molecular flexibility index (Phi) is 4.33. The molecule has 0 atom stereocenters. The minimum Gasteiger partial charge on any atom is -0.311 e. The van der Waals surface area contributed by atoms with E-state index < -0.39 is 0 Å². The van der Waals surface area contributed by atoms with Gasteiger partial charge in [0.25, 0.3) is 0 Å². The van der Waals surface area contributed by atoms with Gasteiger partial charge in [0, 0.05) is 26.0 Å². The molecule has 0 aliphatic heterocycles. The van der Waals surface area contributed by atoms with Gasteiger partial charge in [-0.25, -0.2) is 0 Å². The molecule has 0 fully saturated rings. The molecular weight excluding hydrogens is 248 g/mol. The van der Waals surface area contributed by atoms with Crippen molar-refractivity contribution in [2.24, 2.45) is 7.05 Å². The summed E-state index contributed by atoms with van der Waals surface area (Å²) in [4.78, 5) is 4.00. The van der Waals surface area contributed by atoms with Gasteiger partial charge in [0.15, 0.2) is 0 Å². The van der Waals surface area contributed by atoms with E-state index in [9.17, 15) is 0 Å². The lowest BCUT2D eigenvalue weighted by Crippen LogP contribution is -2.18. The number of hydrogen-bond donors (Lipinski definition) is 1. The van der Waals surface area contributed by atoms with Crippen molar-refractivity contribution in [3.8, 4) is 0 Å². The van der Waals surface area contributed by atoms with Crippen LogP contribution in [0.5, 0.6) is 0 Å². The van der Waals surface area contributed by atoms with Crippen LogP contribution in [0, 0.1) is 6.92 Å². The molecule has 0 aliphatic carbocycles. The topological polar surface area (TPSA) is 42.7 Å². The molecule has 0 bridgehead atoms. The Labute approximate surface area is 112 Å². The van der Waals surface area contributed by atoms with Gasteiger partial charge in [-0.1, -0.05) is 11.6 Å². The molecule has 0 amide bonds. The second kappa shape index (κ2) is 5.98. The minimum absolute atomic E-state index is 0.737. The molecule has 4 nitrogen and oxygen atoms in total. The molecule has 0 saturated heterocycles. The second-order valence-corrected chi connectivity index (χ2v) is 4.63. The first-order valence-corrected chi connectivity index (χ1v) is 6.34. The highest BCUT2D eigenvalue weighted by atomic mass is 35.5. The molecule has 2 aromatic heterocycles. The maximum absolute atomic E-state index is 6.18. The Bertz CT molecular complexity index is 507. The van der Waals surface area contributed by atoms with Crippen molar-refractivity contribution in [1.29, 1.82) is 0 Å². The average Bonchev–Trinajstić information content (AvgIpc) is 2.61. The summed E-state index contributed by atoms with van der Waals surface area (Å²) in [7, 11) is 1.92. The Balaban J connectivity index is 1.82. The zero-order valence-electron chi connectivity index (χ0n) is 10.7. The molecule has 2 rings (SSSR count). The molecular formula is C13H17ClN4. The zero-order chi connectivity index (χ0) is 13.0. The zero-order valence-corrected chi connectivity index (χ0v) is 11.4. The summed E-state index contributed by atoms with van der Waals surface area (Å²) in [6, 6.07) is 4.06. The fourth-order valence-corrected chi connectivity index (χ4v) is 2.09. The van der Waals surface area contributed by atoms with Gasteiger partial charge in [-0.05, 0) is 37.6 Å². The summed E-state index contributed by atoms with van der Waals surface area (Å²) in [6.07, 6.45) is 4.62. The smallest absolute Gasteiger partial charge is 0.0860 e. The fourth-order valence-electron chi connectivity index (χ4n) is 1.86. The third-order valence-corrected chi connectivity index (χ3v) is 3.39. The first kappa shape index (κ1) is 13.1. The van der Waals surface area contributed by atoms with Gasteiger partial charge >= 0.3 is 0 Å². The lowest BCUT2D eigenvalue weighted by atomic mass is 10.2. The maximum atomic E-state index is 6.18. The van der Waals surface area contributed by atoms with Gasteiger partial charge < -0.3 is 5.32 Å². The van der Waals surface area contributed by atoms with Crippen LogP contribution < -0.4 is 5.32 Å². The predicted molar refractivity (Wildman–Crippen MR) is 72.6 cm³/mol. The summed E-state index contributed by atoms with van der Waals surface area (Å²) in [5.74, 6) is 0. The van der Waals surface area contributed by atoms with E-state index in [2.05, 4.69) is 15.4 Å². The first-order valence-electron chi connectivity index (χ1n) is 5.96. The SMILES string of the molecule is Cc1nn(C)c(CNCCc2ccncc2)c1Cl. The summed E-state index contributed by atoms with van der Waals surface area (Å²) < 4.78 is 1.83. The van der Waals surface area contributed by atoms with Crippen LogP contribution in [0.2, 0.25) is 5.02 Å². The standard InChI is InChI=1S/C13H17ClN4/c1-10-13(14)12(18(2)17-10)9-16-8-5-11-3-6-15-7-4-11/h3-4,6-7,16H,5,8-9H2,1-2H3. The molecule has 1 N–H and O–H groups in total. The predicted octanol–water partition coefficient (Wildman–Crippen LogP) is 2.11. The van der Waals surface area contributed by atoms with Gasteiger partial charge in [-0.3, -0.25) is 9.67 Å². The van der Waals surface area contributed by atoms with Crippen LogP contribution in [-0.2, 0) is 20.0 Å². The fraction of sp³-hybridized carbons (Fsp3) is 0.385. The van der Waals surface area contributed by atoms with Crippen molar-refractivity contribution >= 4 is 11.6 Å². The molecule has 0 radical (unpaired) electrons. The number of nitrogens with one attached hydrogen (secondary N) is 1. The monoisotopic (exact) mass is 264 g/mol. The Morgan fingerprint density at radius 2 is 2.06 bits per heavy atom. The number of nitrogens with zero attached hydrogens (tertiary/aromatic N) is 3. The third kappa shape index (κ3) is 3.09. The van der Waals surface area contributed by atoms with E-state index in [-0.39, 0.29) is 0 Å². The van der Waals surface area contributed by atoms with Gasteiger partial charge in [-0.15, -0.1) is 0 Å². The molecule has 2 heterocycles. The van der Waals surface area contributed by atoms with E-state index >= 15 is 0 Å². The van der Waals surface area contributed by atoms with Crippen molar-refractivity contribution in [2.45, 2.75) is 19.9 Å². The van der Waals surface area contributed by atoms with Gasteiger partial charge in [-0.2, -0.15) is 5.10 Å². The van der Waals surface area contributed by atoms with E-state index in [0.29, 0.717) is 0 Å². The molecule has 0 aliphatic rings. The number of halogens is 1. The summed E-state index contributed by atoms with van der Waals surface area (Å²) in [5, 5.41) is 8.42. The number of hydrogen-bond acceptors (Lipinski definition) is 3. The Hall–Kier alpha value is -1.39. The van der Waals surface area contributed by atoms with Crippen molar-refractivity contribution in [2.75, 3.05) is 6.54 Å². The lowest BCUT2D eigenvalue weighted by Gasteiger charge is -2.06. The number of rotatable bonds is 5. The summed E-state index contributed by atoms with van der Waals surface area (Å²) in [5.41, 5.74) is 3.19. The molecule has 18 heavy (non-hydrogen) atoms. The number of aryl methyl sites for hydroxylation is 2. The van der Waals surface area contributed by atoms with Crippen LogP contribution in [0.3, 0.4) is 0 Å². The number of pyridine rings is 1. The Morgan fingerprint density at radius 1 is 1.33 bits per heavy atom. The van der Waals surface area contributed by atoms with Crippen LogP contribution in [0.25, 0.3) is 0 Å². The van der Waals surface area contributed by atoms with Crippen LogP contribution in [-0.4, -0.2) is 21.3 Å². The van der Waals surface area contributed by atoms with E-state index in [1.54, 1.807) is 0 Å². The van der Waals surface area contributed by atoms with Crippen LogP contribution in [0.4, 0.5) is 0 Å². The molecule has 96 valence electrons. The highest BCUT2D eigenvalue weighted by Gasteiger charge is 2.09. The van der Waals surface area contributed by atoms with Gasteiger partial charge in [0.2, 0.25) is 0 Å². The normalized spacial score (nSPS) is 10.8. The van der Waals surface area contributed by atoms with Crippen molar-refractivity contribution in [3.05, 3.63) is 46.5 Å². The Morgan fingerprint density at radius 3 is 2.67 bits per heavy atom. The van der Waals surface area contributed by atoms with E-state index in [0.717, 1.165) is 35.9 Å². The first-order chi connectivity index (χ1) is 8.68. The molecule has 0 saturated carbocycles. The molecule has 0 aromatic carbocycles. The van der Waals surface area contributed by atoms with E-state index in [1.165, 1.54) is 5.56 Å². The van der Waals surface area contributed by atoms with E-state index in [4.69, 9.17) is 11.6 Å². The van der Waals surface area contributed by atoms with Crippen LogP contribution in [0.1, 0.15) is 17.0 Å². The lowest BCUT2D eigenvalue weighted by molar-refractivity contribution is 0.624. The third-order valence-electron chi connectivity index (χ3n) is 2.89. The van der Waals surface area contributed by atoms with Crippen molar-refractivity contribution < 1.29 is 0 Å². The molecule has 5 heteroatoms. The molecule has 0 spiro atoms. The summed E-state index contributed by atoms with van der Waals surface area (Å²) >= 11 is 6.18. The second-order valence-electron chi connectivity index (χ2n) is 4.25. The number of aromatic nitrogens is 3. The largest absolute Gasteiger partial charge is 0.311 e. The molecule has 2 aromatic rings. The van der Waals surface area contributed by atoms with Crippen molar-refractivity contribution in [1.82, 2.24) is 20.1 Å². The van der Waals surface area contributed by atoms with Crippen LogP contribution in [0.15, 0.2) is 24.5 Å². The maximum Gasteiger partial charge on any atom is 0.0860 e. The van der Waals surface area contributed by atoms with Crippen molar-refractivity contribution in [3.63, 3.8) is 0 Å². The highest BCUT2D eigenvalue weighted by Crippen LogP contribution is 2.18. The molecule has 0 unspecified atom stereocenters. The average molecular weight is 265 g/mol. The van der Waals surface area contributed by atoms with Gasteiger partial charge in [0.05, 0.1) is 16.4 Å². The van der Waals surface area contributed by atoms with Gasteiger partial charge in [0.1, 0.15) is 0 Å². The highest BCUT2D eigenvalue weighted by molar-refractivity contribution is 6.31.